The largest absolute Gasteiger partial charge is 0.481 e. The van der Waals surface area contributed by atoms with E-state index in [1.54, 1.807) is 31.5 Å². The summed E-state index contributed by atoms with van der Waals surface area (Å²) in [5.74, 6) is 0.521. The van der Waals surface area contributed by atoms with E-state index in [4.69, 9.17) is 4.74 Å². The number of hydrogen-bond acceptors (Lipinski definition) is 6. The van der Waals surface area contributed by atoms with Crippen LogP contribution in [-0.2, 0) is 13.0 Å². The van der Waals surface area contributed by atoms with Crippen LogP contribution in [0.25, 0.3) is 11.0 Å². The predicted octanol–water partition coefficient (Wildman–Crippen LogP) is 3.41. The van der Waals surface area contributed by atoms with Crippen LogP contribution in [0.4, 0.5) is 10.2 Å². The molecule has 8 heteroatoms. The highest BCUT2D eigenvalue weighted by Crippen LogP contribution is 2.23. The van der Waals surface area contributed by atoms with Crippen LogP contribution in [0.15, 0.2) is 43.0 Å². The number of rotatable bonds is 6. The molecule has 0 saturated carbocycles. The van der Waals surface area contributed by atoms with Gasteiger partial charge in [0.1, 0.15) is 17.8 Å². The van der Waals surface area contributed by atoms with Crippen molar-refractivity contribution in [2.24, 2.45) is 0 Å². The van der Waals surface area contributed by atoms with Crippen molar-refractivity contribution >= 4 is 16.9 Å². The molecule has 7 nitrogen and oxygen atoms in total. The summed E-state index contributed by atoms with van der Waals surface area (Å²) >= 11 is 0. The van der Waals surface area contributed by atoms with E-state index in [0.717, 1.165) is 27.9 Å². The van der Waals surface area contributed by atoms with Gasteiger partial charge in [-0.2, -0.15) is 4.39 Å². The maximum Gasteiger partial charge on any atom is 0.218 e. The maximum absolute atomic E-state index is 14.5. The molecule has 0 bridgehead atoms. The zero-order valence-corrected chi connectivity index (χ0v) is 15.5. The first-order chi connectivity index (χ1) is 13.6. The minimum absolute atomic E-state index is 0.412. The Bertz CT molecular complexity index is 1110. The first-order valence-electron chi connectivity index (χ1n) is 8.80. The Labute approximate surface area is 161 Å². The van der Waals surface area contributed by atoms with Gasteiger partial charge in [0.25, 0.3) is 0 Å². The lowest BCUT2D eigenvalue weighted by Gasteiger charge is -2.08. The molecule has 28 heavy (non-hydrogen) atoms. The summed E-state index contributed by atoms with van der Waals surface area (Å²) in [7, 11) is 1.57. The molecule has 0 atom stereocenters. The van der Waals surface area contributed by atoms with E-state index in [9.17, 15) is 4.39 Å². The molecule has 0 fully saturated rings. The van der Waals surface area contributed by atoms with E-state index in [1.165, 1.54) is 6.33 Å². The lowest BCUT2D eigenvalue weighted by molar-refractivity contribution is 0.397. The van der Waals surface area contributed by atoms with E-state index >= 15 is 0 Å². The molecule has 142 valence electrons. The number of pyridine rings is 2. The molecule has 4 heterocycles. The molecule has 4 aromatic rings. The zero-order chi connectivity index (χ0) is 19.5. The third-order valence-corrected chi connectivity index (χ3v) is 4.53. The molecular formula is C20H19FN6O. The van der Waals surface area contributed by atoms with Gasteiger partial charge < -0.3 is 15.0 Å². The molecule has 2 N–H and O–H groups in total. The van der Waals surface area contributed by atoms with Crippen LogP contribution in [-0.4, -0.2) is 32.0 Å². The van der Waals surface area contributed by atoms with Gasteiger partial charge in [-0.15, -0.1) is 0 Å². The highest BCUT2D eigenvalue weighted by molar-refractivity contribution is 5.82. The Morgan fingerprint density at radius 3 is 2.75 bits per heavy atom. The van der Waals surface area contributed by atoms with Crippen molar-refractivity contribution in [3.8, 4) is 5.88 Å². The summed E-state index contributed by atoms with van der Waals surface area (Å²) in [5, 5.41) is 4.03. The van der Waals surface area contributed by atoms with Gasteiger partial charge in [-0.3, -0.25) is 0 Å². The molecule has 0 aliphatic rings. The van der Waals surface area contributed by atoms with E-state index in [-0.39, 0.29) is 0 Å². The first-order valence-corrected chi connectivity index (χ1v) is 8.80. The number of methoxy groups -OCH3 is 1. The number of fused-ring (bicyclic) bond motifs is 1. The van der Waals surface area contributed by atoms with Crippen LogP contribution in [0.2, 0.25) is 0 Å². The normalized spacial score (nSPS) is 11.0. The lowest BCUT2D eigenvalue weighted by atomic mass is 10.1. The minimum Gasteiger partial charge on any atom is -0.481 e. The van der Waals surface area contributed by atoms with Gasteiger partial charge in [-0.25, -0.2) is 19.9 Å². The monoisotopic (exact) mass is 378 g/mol. The van der Waals surface area contributed by atoms with Crippen molar-refractivity contribution in [1.82, 2.24) is 24.9 Å². The van der Waals surface area contributed by atoms with Crippen molar-refractivity contribution in [2.75, 3.05) is 12.4 Å². The van der Waals surface area contributed by atoms with Crippen LogP contribution >= 0.6 is 0 Å². The summed E-state index contributed by atoms with van der Waals surface area (Å²) in [6, 6.07) is 7.19. The van der Waals surface area contributed by atoms with Crippen LogP contribution in [0.1, 0.15) is 22.4 Å². The van der Waals surface area contributed by atoms with Crippen molar-refractivity contribution in [3.05, 3.63) is 71.3 Å². The molecule has 4 aromatic heterocycles. The van der Waals surface area contributed by atoms with Gasteiger partial charge in [0.15, 0.2) is 0 Å². The molecule has 0 aliphatic carbocycles. The van der Waals surface area contributed by atoms with Crippen LogP contribution in [0.5, 0.6) is 5.88 Å². The molecular weight excluding hydrogens is 359 g/mol. The molecule has 0 spiro atoms. The zero-order valence-electron chi connectivity index (χ0n) is 15.5. The second-order valence-electron chi connectivity index (χ2n) is 6.38. The average Bonchev–Trinajstić information content (AvgIpc) is 3.13. The molecule has 0 amide bonds. The van der Waals surface area contributed by atoms with Crippen molar-refractivity contribution in [1.29, 1.82) is 0 Å². The van der Waals surface area contributed by atoms with Crippen LogP contribution < -0.4 is 10.1 Å². The fraction of sp³-hybridized carbons (Fsp3) is 0.200. The van der Waals surface area contributed by atoms with Crippen molar-refractivity contribution < 1.29 is 9.13 Å². The van der Waals surface area contributed by atoms with Gasteiger partial charge in [0.05, 0.1) is 12.8 Å². The second-order valence-corrected chi connectivity index (χ2v) is 6.38. The Morgan fingerprint density at radius 1 is 1.11 bits per heavy atom. The topological polar surface area (TPSA) is 88.6 Å². The SMILES string of the molecule is COc1ccc(CNc2ccc(Cc3c[nH]c4ncnc(C)c34)c(F)n2)cn1. The first kappa shape index (κ1) is 17.8. The molecule has 0 unspecified atom stereocenters. The maximum atomic E-state index is 14.5. The van der Waals surface area contributed by atoms with Gasteiger partial charge in [-0.05, 0) is 24.1 Å². The highest BCUT2D eigenvalue weighted by Gasteiger charge is 2.12. The van der Waals surface area contributed by atoms with E-state index in [0.29, 0.717) is 30.2 Å². The van der Waals surface area contributed by atoms with Crippen molar-refractivity contribution in [2.45, 2.75) is 19.9 Å². The third kappa shape index (κ3) is 3.62. The number of anilines is 1. The molecule has 0 aliphatic heterocycles. The number of H-pyrrole nitrogens is 1. The highest BCUT2D eigenvalue weighted by atomic mass is 19.1. The molecule has 4 rings (SSSR count). The minimum atomic E-state index is -0.498. The lowest BCUT2D eigenvalue weighted by Crippen LogP contribution is -2.04. The van der Waals surface area contributed by atoms with Gasteiger partial charge in [-0.1, -0.05) is 12.1 Å². The number of aryl methyl sites for hydroxylation is 1. The Kier molecular flexibility index (Phi) is 4.84. The smallest absolute Gasteiger partial charge is 0.218 e. The molecule has 0 radical (unpaired) electrons. The van der Waals surface area contributed by atoms with Gasteiger partial charge in [0.2, 0.25) is 11.8 Å². The van der Waals surface area contributed by atoms with Gasteiger partial charge >= 0.3 is 0 Å². The number of nitrogens with zero attached hydrogens (tertiary/aromatic N) is 4. The van der Waals surface area contributed by atoms with E-state index in [1.807, 2.05) is 19.2 Å². The third-order valence-electron chi connectivity index (χ3n) is 4.53. The summed E-state index contributed by atoms with van der Waals surface area (Å²) in [6.07, 6.45) is 5.47. The fourth-order valence-corrected chi connectivity index (χ4v) is 3.06. The van der Waals surface area contributed by atoms with Gasteiger partial charge in [0, 0.05) is 42.4 Å². The number of halogens is 1. The summed E-state index contributed by atoms with van der Waals surface area (Å²) in [4.78, 5) is 19.7. The van der Waals surface area contributed by atoms with Crippen molar-refractivity contribution in [3.63, 3.8) is 0 Å². The van der Waals surface area contributed by atoms with Crippen LogP contribution in [0, 0.1) is 12.9 Å². The number of nitrogens with one attached hydrogen (secondary N) is 2. The summed E-state index contributed by atoms with van der Waals surface area (Å²) in [5.41, 5.74) is 4.02. The van der Waals surface area contributed by atoms with Crippen LogP contribution in [0.3, 0.4) is 0 Å². The predicted molar refractivity (Wildman–Crippen MR) is 104 cm³/mol. The Hall–Kier alpha value is -3.55. The average molecular weight is 378 g/mol. The molecule has 0 aromatic carbocycles. The summed E-state index contributed by atoms with van der Waals surface area (Å²) in [6.45, 7) is 2.40. The quantitative estimate of drug-likeness (QED) is 0.500. The Balaban J connectivity index is 1.48. The molecule has 0 saturated heterocycles. The number of hydrogen-bond donors (Lipinski definition) is 2. The number of aromatic nitrogens is 5. The fourth-order valence-electron chi connectivity index (χ4n) is 3.06. The second kappa shape index (κ2) is 7.59. The van der Waals surface area contributed by atoms with E-state index < -0.39 is 5.95 Å². The number of aromatic amines is 1. The summed E-state index contributed by atoms with van der Waals surface area (Å²) < 4.78 is 19.6. The standard InChI is InChI=1S/C20H19FN6O/c1-12-18-15(10-24-20(18)26-11-25-12)7-14-4-5-16(27-19(14)21)22-8-13-3-6-17(28-2)23-9-13/h3-6,9-11H,7-8H2,1-2H3,(H,22,27)(H,24,25,26). The Morgan fingerprint density at radius 2 is 2.00 bits per heavy atom. The van der Waals surface area contributed by atoms with E-state index in [2.05, 4.69) is 30.2 Å². The number of ether oxygens (including phenoxy) is 1.